The topological polar surface area (TPSA) is 25.2 Å². The number of para-hydroxylation sites is 1. The SMILES string of the molecule is Cc1ccc2c(c1)c(/C=C1\SC(=S)N(c3ccccc3F)C1=O)c(C)n2Cc1ccc(Cl)c(Cl)c1. The van der Waals surface area contributed by atoms with E-state index in [9.17, 15) is 9.18 Å². The number of hydrogen-bond acceptors (Lipinski definition) is 3. The van der Waals surface area contributed by atoms with Crippen molar-refractivity contribution in [2.45, 2.75) is 20.4 Å². The van der Waals surface area contributed by atoms with Crippen LogP contribution in [0.3, 0.4) is 0 Å². The third-order valence-electron chi connectivity index (χ3n) is 6.01. The summed E-state index contributed by atoms with van der Waals surface area (Å²) in [6.07, 6.45) is 1.86. The molecule has 0 atom stereocenters. The highest BCUT2D eigenvalue weighted by atomic mass is 35.5. The van der Waals surface area contributed by atoms with E-state index in [1.54, 1.807) is 24.3 Å². The Morgan fingerprint density at radius 2 is 1.80 bits per heavy atom. The van der Waals surface area contributed by atoms with Crippen LogP contribution >= 0.6 is 47.2 Å². The Morgan fingerprint density at radius 3 is 2.54 bits per heavy atom. The van der Waals surface area contributed by atoms with Gasteiger partial charge in [0.2, 0.25) is 0 Å². The normalized spacial score (nSPS) is 15.1. The van der Waals surface area contributed by atoms with Crippen molar-refractivity contribution >= 4 is 80.1 Å². The average Bonchev–Trinajstić information content (AvgIpc) is 3.24. The van der Waals surface area contributed by atoms with Crippen molar-refractivity contribution in [1.29, 1.82) is 0 Å². The number of aryl methyl sites for hydroxylation is 1. The largest absolute Gasteiger partial charge is 0.340 e. The maximum absolute atomic E-state index is 14.4. The van der Waals surface area contributed by atoms with Crippen molar-refractivity contribution in [3.8, 4) is 0 Å². The monoisotopic (exact) mass is 540 g/mol. The molecule has 3 nitrogen and oxygen atoms in total. The molecule has 8 heteroatoms. The zero-order valence-electron chi connectivity index (χ0n) is 18.8. The first-order chi connectivity index (χ1) is 16.7. The van der Waals surface area contributed by atoms with Gasteiger partial charge in [-0.3, -0.25) is 9.69 Å². The predicted octanol–water partition coefficient (Wildman–Crippen LogP) is 8.16. The third-order valence-corrected chi connectivity index (χ3v) is 8.06. The number of nitrogens with zero attached hydrogens (tertiary/aromatic N) is 2. The molecule has 5 rings (SSSR count). The number of carbonyl (C=O) groups excluding carboxylic acids is 1. The molecule has 1 aromatic heterocycles. The first-order valence-corrected chi connectivity index (χ1v) is 12.8. The minimum atomic E-state index is -0.491. The summed E-state index contributed by atoms with van der Waals surface area (Å²) in [5.41, 5.74) is 5.24. The average molecular weight is 542 g/mol. The lowest BCUT2D eigenvalue weighted by Gasteiger charge is -2.14. The Hall–Kier alpha value is -2.64. The van der Waals surface area contributed by atoms with Crippen LogP contribution in [0.2, 0.25) is 10.0 Å². The van der Waals surface area contributed by atoms with Crippen LogP contribution < -0.4 is 4.90 Å². The highest BCUT2D eigenvalue weighted by Gasteiger charge is 2.35. The quantitative estimate of drug-likeness (QED) is 0.193. The molecule has 1 saturated heterocycles. The first-order valence-electron chi connectivity index (χ1n) is 10.8. The van der Waals surface area contributed by atoms with E-state index in [0.717, 1.165) is 33.3 Å². The van der Waals surface area contributed by atoms with E-state index >= 15 is 0 Å². The molecule has 2 heterocycles. The number of fused-ring (bicyclic) bond motifs is 1. The fourth-order valence-corrected chi connectivity index (χ4v) is 5.86. The molecule has 35 heavy (non-hydrogen) atoms. The summed E-state index contributed by atoms with van der Waals surface area (Å²) in [5, 5.41) is 2.04. The maximum atomic E-state index is 14.4. The molecule has 0 bridgehead atoms. The Morgan fingerprint density at radius 1 is 1.03 bits per heavy atom. The number of halogens is 3. The van der Waals surface area contributed by atoms with E-state index in [1.807, 2.05) is 32.1 Å². The molecule has 1 fully saturated rings. The molecule has 0 aliphatic carbocycles. The van der Waals surface area contributed by atoms with Gasteiger partial charge in [-0.1, -0.05) is 77.0 Å². The number of rotatable bonds is 4. The second kappa shape index (κ2) is 9.43. The van der Waals surface area contributed by atoms with E-state index in [1.165, 1.54) is 22.7 Å². The Labute approximate surface area is 222 Å². The van der Waals surface area contributed by atoms with Crippen LogP contribution in [0.1, 0.15) is 22.4 Å². The van der Waals surface area contributed by atoms with Crippen molar-refractivity contribution in [1.82, 2.24) is 4.57 Å². The van der Waals surface area contributed by atoms with Gasteiger partial charge in [0.15, 0.2) is 4.32 Å². The number of thioether (sulfide) groups is 1. The summed E-state index contributed by atoms with van der Waals surface area (Å²) in [7, 11) is 0. The van der Waals surface area contributed by atoms with E-state index in [0.29, 0.717) is 25.8 Å². The van der Waals surface area contributed by atoms with Gasteiger partial charge in [0, 0.05) is 28.7 Å². The number of carbonyl (C=O) groups is 1. The van der Waals surface area contributed by atoms with Crippen LogP contribution in [0.4, 0.5) is 10.1 Å². The zero-order valence-corrected chi connectivity index (χ0v) is 22.0. The van der Waals surface area contributed by atoms with Gasteiger partial charge in [-0.05, 0) is 61.9 Å². The van der Waals surface area contributed by atoms with Crippen molar-refractivity contribution in [2.75, 3.05) is 4.90 Å². The minimum absolute atomic E-state index is 0.160. The van der Waals surface area contributed by atoms with E-state index in [2.05, 4.69) is 22.8 Å². The molecule has 0 radical (unpaired) electrons. The van der Waals surface area contributed by atoms with Gasteiger partial charge in [0.25, 0.3) is 5.91 Å². The molecule has 0 N–H and O–H groups in total. The van der Waals surface area contributed by atoms with Gasteiger partial charge in [-0.15, -0.1) is 0 Å². The van der Waals surface area contributed by atoms with E-state index in [4.69, 9.17) is 35.4 Å². The fraction of sp³-hybridized carbons (Fsp3) is 0.111. The minimum Gasteiger partial charge on any atom is -0.340 e. The molecular formula is C27H19Cl2FN2OS2. The number of benzene rings is 3. The molecule has 176 valence electrons. The molecule has 0 unspecified atom stereocenters. The van der Waals surface area contributed by atoms with Crippen LogP contribution in [-0.2, 0) is 11.3 Å². The van der Waals surface area contributed by atoms with Gasteiger partial charge in [-0.2, -0.15) is 0 Å². The number of anilines is 1. The van der Waals surface area contributed by atoms with Gasteiger partial charge < -0.3 is 4.57 Å². The van der Waals surface area contributed by atoms with Crippen LogP contribution in [0, 0.1) is 19.7 Å². The van der Waals surface area contributed by atoms with Gasteiger partial charge >= 0.3 is 0 Å². The second-order valence-corrected chi connectivity index (χ2v) is 10.8. The highest BCUT2D eigenvalue weighted by molar-refractivity contribution is 8.27. The molecule has 1 aliphatic heterocycles. The van der Waals surface area contributed by atoms with Crippen molar-refractivity contribution in [3.05, 3.63) is 104 Å². The molecule has 1 aliphatic rings. The Bertz CT molecular complexity index is 1560. The fourth-order valence-electron chi connectivity index (χ4n) is 4.27. The lowest BCUT2D eigenvalue weighted by atomic mass is 10.1. The third kappa shape index (κ3) is 4.40. The molecular weight excluding hydrogens is 522 g/mol. The molecule has 0 spiro atoms. The van der Waals surface area contributed by atoms with Crippen LogP contribution in [0.5, 0.6) is 0 Å². The summed E-state index contributed by atoms with van der Waals surface area (Å²) in [6, 6.07) is 18.0. The number of aromatic nitrogens is 1. The first kappa shape index (κ1) is 24.1. The number of amides is 1. The summed E-state index contributed by atoms with van der Waals surface area (Å²) in [5.74, 6) is -0.822. The number of hydrogen-bond donors (Lipinski definition) is 0. The van der Waals surface area contributed by atoms with Crippen LogP contribution in [-0.4, -0.2) is 14.8 Å². The predicted molar refractivity (Wildman–Crippen MR) is 149 cm³/mol. The zero-order chi connectivity index (χ0) is 24.9. The van der Waals surface area contributed by atoms with Crippen LogP contribution in [0.15, 0.2) is 65.6 Å². The lowest BCUT2D eigenvalue weighted by molar-refractivity contribution is -0.113. The van der Waals surface area contributed by atoms with Crippen molar-refractivity contribution < 1.29 is 9.18 Å². The smallest absolute Gasteiger partial charge is 0.270 e. The highest BCUT2D eigenvalue weighted by Crippen LogP contribution is 2.39. The Balaban J connectivity index is 1.60. The van der Waals surface area contributed by atoms with Gasteiger partial charge in [-0.25, -0.2) is 4.39 Å². The standard InChI is InChI=1S/C27H19Cl2FN2OS2/c1-15-7-10-23-19(11-15)18(16(2)31(23)14-17-8-9-20(28)21(29)12-17)13-25-26(33)32(27(34)35-25)24-6-4-3-5-22(24)30/h3-13H,14H2,1-2H3/b25-13-. The maximum Gasteiger partial charge on any atom is 0.270 e. The lowest BCUT2D eigenvalue weighted by Crippen LogP contribution is -2.28. The van der Waals surface area contributed by atoms with Crippen molar-refractivity contribution in [2.24, 2.45) is 0 Å². The van der Waals surface area contributed by atoms with E-state index < -0.39 is 5.82 Å². The van der Waals surface area contributed by atoms with Gasteiger partial charge in [0.1, 0.15) is 5.82 Å². The van der Waals surface area contributed by atoms with Crippen molar-refractivity contribution in [3.63, 3.8) is 0 Å². The number of thiocarbonyl (C=S) groups is 1. The summed E-state index contributed by atoms with van der Waals surface area (Å²) in [6.45, 7) is 4.65. The molecule has 3 aromatic carbocycles. The van der Waals surface area contributed by atoms with Gasteiger partial charge in [0.05, 0.1) is 20.6 Å². The summed E-state index contributed by atoms with van der Waals surface area (Å²) >= 11 is 19.0. The Kier molecular flexibility index (Phi) is 6.49. The summed E-state index contributed by atoms with van der Waals surface area (Å²) in [4.78, 5) is 15.0. The van der Waals surface area contributed by atoms with Crippen LogP contribution in [0.25, 0.3) is 17.0 Å². The van der Waals surface area contributed by atoms with E-state index in [-0.39, 0.29) is 11.6 Å². The molecule has 4 aromatic rings. The summed E-state index contributed by atoms with van der Waals surface area (Å²) < 4.78 is 16.9. The second-order valence-electron chi connectivity index (χ2n) is 8.32. The molecule has 1 amide bonds. The molecule has 0 saturated carbocycles.